The van der Waals surface area contributed by atoms with Crippen LogP contribution in [0.15, 0.2) is 109 Å². The number of imidazole rings is 1. The van der Waals surface area contributed by atoms with Crippen LogP contribution < -0.4 is 0 Å². The van der Waals surface area contributed by atoms with Gasteiger partial charge in [0.15, 0.2) is 0 Å². The van der Waals surface area contributed by atoms with Gasteiger partial charge in [-0.3, -0.25) is 9.55 Å². The molecule has 1 N–H and O–H groups in total. The van der Waals surface area contributed by atoms with E-state index in [4.69, 9.17) is 4.98 Å². The Morgan fingerprint density at radius 2 is 1.33 bits per heavy atom. The molecule has 0 saturated heterocycles. The van der Waals surface area contributed by atoms with Gasteiger partial charge in [0.25, 0.3) is 0 Å². The Kier molecular flexibility index (Phi) is 6.73. The van der Waals surface area contributed by atoms with Crippen LogP contribution in [0.25, 0.3) is 50.5 Å². The third-order valence-electron chi connectivity index (χ3n) is 7.86. The summed E-state index contributed by atoms with van der Waals surface area (Å²) in [4.78, 5) is 9.96. The molecule has 4 nitrogen and oxygen atoms in total. The predicted octanol–water partition coefficient (Wildman–Crippen LogP) is 9.72. The van der Waals surface area contributed by atoms with Gasteiger partial charge in [-0.1, -0.05) is 96.1 Å². The maximum Gasteiger partial charge on any atom is 0.149 e. The van der Waals surface area contributed by atoms with Crippen LogP contribution in [0.5, 0.6) is 5.75 Å². The number of phenolic OH excluding ortho intramolecular Hbond substituents is 1. The van der Waals surface area contributed by atoms with Crippen molar-refractivity contribution in [1.29, 1.82) is 0 Å². The molecule has 4 aromatic carbocycles. The van der Waals surface area contributed by atoms with Crippen LogP contribution >= 0.6 is 0 Å². The Balaban J connectivity index is 1.66. The van der Waals surface area contributed by atoms with Crippen LogP contribution in [0, 0.1) is 0 Å². The number of hydrogen-bond donors (Lipinski definition) is 1. The van der Waals surface area contributed by atoms with Gasteiger partial charge < -0.3 is 5.11 Å². The van der Waals surface area contributed by atoms with E-state index in [0.717, 1.165) is 44.7 Å². The Bertz CT molecular complexity index is 1890. The number of aromatic hydroxyl groups is 1. The average molecular weight is 552 g/mol. The molecule has 2 heterocycles. The molecular weight excluding hydrogens is 514 g/mol. The number of aromatic nitrogens is 3. The Labute approximate surface area is 248 Å². The molecule has 0 atom stereocenters. The van der Waals surface area contributed by atoms with Gasteiger partial charge in [-0.15, -0.1) is 0 Å². The third kappa shape index (κ3) is 4.98. The first-order valence-corrected chi connectivity index (χ1v) is 14.5. The summed E-state index contributed by atoms with van der Waals surface area (Å²) in [6, 6.07) is 35.3. The fourth-order valence-corrected chi connectivity index (χ4v) is 5.58. The van der Waals surface area contributed by atoms with E-state index in [0.29, 0.717) is 11.4 Å². The Hall–Kier alpha value is -4.70. The summed E-state index contributed by atoms with van der Waals surface area (Å²) < 4.78 is 2.16. The molecule has 0 saturated carbocycles. The topological polar surface area (TPSA) is 50.9 Å². The fraction of sp³-hybridized carbons (Fsp3) is 0.211. The number of benzene rings is 4. The van der Waals surface area contributed by atoms with Crippen molar-refractivity contribution in [3.05, 3.63) is 120 Å². The number of hydrogen-bond acceptors (Lipinski definition) is 3. The van der Waals surface area contributed by atoms with Crippen molar-refractivity contribution in [2.45, 2.75) is 52.4 Å². The van der Waals surface area contributed by atoms with Crippen LogP contribution in [0.1, 0.15) is 52.7 Å². The zero-order chi connectivity index (χ0) is 29.6. The molecule has 0 bridgehead atoms. The number of fused-ring (bicyclic) bond motifs is 1. The van der Waals surface area contributed by atoms with Gasteiger partial charge in [-0.2, -0.15) is 0 Å². The number of phenols is 1. The predicted molar refractivity (Wildman–Crippen MR) is 174 cm³/mol. The van der Waals surface area contributed by atoms with Crippen molar-refractivity contribution in [1.82, 2.24) is 14.5 Å². The molecule has 210 valence electrons. The minimum atomic E-state index is -0.218. The van der Waals surface area contributed by atoms with E-state index in [1.54, 1.807) is 0 Å². The first kappa shape index (κ1) is 27.5. The summed E-state index contributed by atoms with van der Waals surface area (Å²) in [5.41, 5.74) is 9.57. The van der Waals surface area contributed by atoms with Gasteiger partial charge in [0.2, 0.25) is 0 Å². The number of nitrogens with zero attached hydrogens (tertiary/aromatic N) is 3. The van der Waals surface area contributed by atoms with Crippen molar-refractivity contribution in [2.75, 3.05) is 0 Å². The second-order valence-corrected chi connectivity index (χ2v) is 13.0. The summed E-state index contributed by atoms with van der Waals surface area (Å²) in [5, 5.41) is 11.6. The van der Waals surface area contributed by atoms with E-state index < -0.39 is 0 Å². The molecule has 0 aliphatic rings. The van der Waals surface area contributed by atoms with E-state index in [1.165, 1.54) is 5.56 Å². The molecule has 0 spiro atoms. The van der Waals surface area contributed by atoms with Crippen LogP contribution in [0.2, 0.25) is 0 Å². The molecule has 42 heavy (non-hydrogen) atoms. The molecule has 0 fully saturated rings. The molecular formula is C38H37N3O. The second-order valence-electron chi connectivity index (χ2n) is 13.0. The Morgan fingerprint density at radius 3 is 2.02 bits per heavy atom. The summed E-state index contributed by atoms with van der Waals surface area (Å²) in [7, 11) is 0. The van der Waals surface area contributed by atoms with Crippen LogP contribution in [0.4, 0.5) is 0 Å². The normalized spacial score (nSPS) is 12.1. The van der Waals surface area contributed by atoms with Crippen LogP contribution in [-0.4, -0.2) is 19.6 Å². The second kappa shape index (κ2) is 10.3. The molecule has 0 unspecified atom stereocenters. The minimum Gasteiger partial charge on any atom is -0.507 e. The van der Waals surface area contributed by atoms with Gasteiger partial charge in [0.1, 0.15) is 11.6 Å². The average Bonchev–Trinajstić information content (AvgIpc) is 3.36. The van der Waals surface area contributed by atoms with Crippen LogP contribution in [-0.2, 0) is 10.8 Å². The van der Waals surface area contributed by atoms with Gasteiger partial charge in [0.05, 0.1) is 22.3 Å². The highest BCUT2D eigenvalue weighted by atomic mass is 16.3. The lowest BCUT2D eigenvalue weighted by atomic mass is 9.83. The van der Waals surface area contributed by atoms with Crippen molar-refractivity contribution >= 4 is 11.0 Å². The first-order chi connectivity index (χ1) is 20.0. The molecule has 0 amide bonds. The lowest BCUT2D eigenvalue weighted by Gasteiger charge is -2.22. The van der Waals surface area contributed by atoms with E-state index in [9.17, 15) is 5.11 Å². The highest BCUT2D eigenvalue weighted by Crippen LogP contribution is 2.42. The van der Waals surface area contributed by atoms with Crippen molar-refractivity contribution in [2.24, 2.45) is 0 Å². The van der Waals surface area contributed by atoms with Crippen LogP contribution in [0.3, 0.4) is 0 Å². The largest absolute Gasteiger partial charge is 0.507 e. The van der Waals surface area contributed by atoms with Gasteiger partial charge in [0, 0.05) is 23.0 Å². The SMILES string of the molecule is CC(C)(C)c1cc(-c2ccccn2)cc(-c2cccc3c2nc(-c2cccc(C(C)(C)C)c2O)n3-c2ccccc2)c1. The lowest BCUT2D eigenvalue weighted by molar-refractivity contribution is 0.448. The third-order valence-corrected chi connectivity index (χ3v) is 7.86. The molecule has 0 aliphatic heterocycles. The van der Waals surface area contributed by atoms with Crippen molar-refractivity contribution < 1.29 is 5.11 Å². The molecule has 6 aromatic rings. The standard InChI is InChI=1S/C38H37N3O/c1-37(2,3)27-23-25(22-26(24-27)32-19-10-11-21-39-32)29-16-13-20-33-34(29)40-36(41(33)28-14-8-7-9-15-28)30-17-12-18-31(35(30)42)38(4,5)6/h7-24,42H,1-6H3. The van der Waals surface area contributed by atoms with Gasteiger partial charge in [-0.05, 0) is 76.1 Å². The Morgan fingerprint density at radius 1 is 0.643 bits per heavy atom. The quantitative estimate of drug-likeness (QED) is 0.237. The number of rotatable bonds is 4. The zero-order valence-corrected chi connectivity index (χ0v) is 25.2. The highest BCUT2D eigenvalue weighted by Gasteiger charge is 2.25. The number of pyridine rings is 1. The molecule has 0 aliphatic carbocycles. The zero-order valence-electron chi connectivity index (χ0n) is 25.2. The summed E-state index contributed by atoms with van der Waals surface area (Å²) >= 11 is 0. The summed E-state index contributed by atoms with van der Waals surface area (Å²) in [6.07, 6.45) is 1.84. The molecule has 2 aromatic heterocycles. The molecule has 0 radical (unpaired) electrons. The fourth-order valence-electron chi connectivity index (χ4n) is 5.58. The minimum absolute atomic E-state index is 0.0544. The summed E-state index contributed by atoms with van der Waals surface area (Å²) in [6.45, 7) is 13.1. The highest BCUT2D eigenvalue weighted by molar-refractivity contribution is 5.96. The molecule has 4 heteroatoms. The van der Waals surface area contributed by atoms with E-state index in [2.05, 4.69) is 106 Å². The van der Waals surface area contributed by atoms with E-state index in [-0.39, 0.29) is 16.6 Å². The first-order valence-electron chi connectivity index (χ1n) is 14.5. The van der Waals surface area contributed by atoms with Gasteiger partial charge >= 0.3 is 0 Å². The van der Waals surface area contributed by atoms with Gasteiger partial charge in [-0.25, -0.2) is 4.98 Å². The van der Waals surface area contributed by atoms with Crippen molar-refractivity contribution in [3.8, 4) is 45.2 Å². The van der Waals surface area contributed by atoms with E-state index in [1.807, 2.05) is 54.7 Å². The summed E-state index contributed by atoms with van der Waals surface area (Å²) in [5.74, 6) is 0.982. The molecule has 6 rings (SSSR count). The van der Waals surface area contributed by atoms with E-state index >= 15 is 0 Å². The maximum absolute atomic E-state index is 11.6. The maximum atomic E-state index is 11.6. The monoisotopic (exact) mass is 551 g/mol. The number of para-hydroxylation sites is 3. The lowest BCUT2D eigenvalue weighted by Crippen LogP contribution is -2.11. The smallest absolute Gasteiger partial charge is 0.149 e. The van der Waals surface area contributed by atoms with Crippen molar-refractivity contribution in [3.63, 3.8) is 0 Å².